The summed E-state index contributed by atoms with van der Waals surface area (Å²) < 4.78 is 3.13. The number of aliphatic carboxylic acids is 1. The zero-order valence-electron chi connectivity index (χ0n) is 9.97. The molecule has 2 rings (SSSR count). The molecule has 0 aromatic carbocycles. The number of fused-ring (bicyclic) bond motifs is 1. The van der Waals surface area contributed by atoms with Crippen molar-refractivity contribution >= 4 is 5.97 Å². The third-order valence-corrected chi connectivity index (χ3v) is 3.48. The van der Waals surface area contributed by atoms with Gasteiger partial charge in [0.25, 0.3) is 5.82 Å². The van der Waals surface area contributed by atoms with Gasteiger partial charge in [-0.1, -0.05) is 0 Å². The Kier molecular flexibility index (Phi) is 3.38. The fourth-order valence-corrected chi connectivity index (χ4v) is 2.55. The molecule has 0 aliphatic carbocycles. The number of nitrogens with zero attached hydrogens (tertiary/aromatic N) is 2. The maximum atomic E-state index is 10.8. The first kappa shape index (κ1) is 13.0. The molecule has 1 aromatic heterocycles. The minimum Gasteiger partial charge on any atom is -0.478 e. The summed E-state index contributed by atoms with van der Waals surface area (Å²) >= 11 is 0. The highest BCUT2D eigenvalue weighted by atomic mass is 16.4. The van der Waals surface area contributed by atoms with Crippen LogP contribution in [0.3, 0.4) is 0 Å². The fourth-order valence-electron chi connectivity index (χ4n) is 2.55. The quantitative estimate of drug-likeness (QED) is 0.480. The molecule has 7 heteroatoms. The highest BCUT2D eigenvalue weighted by Gasteiger charge is 2.45. The lowest BCUT2D eigenvalue weighted by Gasteiger charge is -2.32. The Morgan fingerprint density at radius 3 is 2.67 bits per heavy atom. The van der Waals surface area contributed by atoms with E-state index < -0.39 is 30.1 Å². The third-order valence-electron chi connectivity index (χ3n) is 3.48. The van der Waals surface area contributed by atoms with Crippen LogP contribution in [-0.4, -0.2) is 49.8 Å². The van der Waals surface area contributed by atoms with Gasteiger partial charge < -0.3 is 20.4 Å². The second-order valence-corrected chi connectivity index (χ2v) is 4.61. The maximum Gasteiger partial charge on any atom is 0.346 e. The summed E-state index contributed by atoms with van der Waals surface area (Å²) in [5, 5.41) is 37.9. The van der Waals surface area contributed by atoms with Crippen molar-refractivity contribution in [3.05, 3.63) is 18.2 Å². The molecule has 0 fully saturated rings. The Morgan fingerprint density at radius 1 is 1.44 bits per heavy atom. The van der Waals surface area contributed by atoms with Gasteiger partial charge in [-0.15, -0.1) is 0 Å². The van der Waals surface area contributed by atoms with Gasteiger partial charge in [0.1, 0.15) is 18.5 Å². The summed E-state index contributed by atoms with van der Waals surface area (Å²) in [7, 11) is 0. The molecule has 0 spiro atoms. The zero-order valence-corrected chi connectivity index (χ0v) is 9.97. The molecular formula is C11H17N2O5+. The van der Waals surface area contributed by atoms with Gasteiger partial charge >= 0.3 is 5.97 Å². The summed E-state index contributed by atoms with van der Waals surface area (Å²) in [6, 6.07) is -0.652. The molecule has 0 saturated carbocycles. The Labute approximate surface area is 104 Å². The number of aromatic nitrogens is 2. The molecule has 4 atom stereocenters. The van der Waals surface area contributed by atoms with E-state index in [1.54, 1.807) is 23.9 Å². The van der Waals surface area contributed by atoms with Gasteiger partial charge in [-0.25, -0.2) is 13.9 Å². The van der Waals surface area contributed by atoms with Gasteiger partial charge in [-0.2, -0.15) is 0 Å². The second kappa shape index (κ2) is 4.68. The van der Waals surface area contributed by atoms with Crippen LogP contribution in [-0.2, 0) is 11.3 Å². The van der Waals surface area contributed by atoms with E-state index in [0.717, 1.165) is 0 Å². The molecule has 1 aliphatic rings. The fraction of sp³-hybridized carbons (Fsp3) is 0.636. The van der Waals surface area contributed by atoms with Crippen molar-refractivity contribution in [2.45, 2.75) is 37.6 Å². The molecule has 0 radical (unpaired) electrons. The Balaban J connectivity index is 2.46. The van der Waals surface area contributed by atoms with E-state index in [4.69, 9.17) is 5.11 Å². The van der Waals surface area contributed by atoms with E-state index in [-0.39, 0.29) is 13.2 Å². The Hall–Kier alpha value is -1.44. The predicted molar refractivity (Wildman–Crippen MR) is 58.8 cm³/mol. The smallest absolute Gasteiger partial charge is 0.346 e. The van der Waals surface area contributed by atoms with E-state index in [9.17, 15) is 20.1 Å². The molecule has 0 saturated heterocycles. The number of hydrogen-bond donors (Lipinski definition) is 4. The number of carbonyl (C=O) groups is 1. The summed E-state index contributed by atoms with van der Waals surface area (Å²) in [5.74, 6) is -0.797. The van der Waals surface area contributed by atoms with Crippen molar-refractivity contribution < 1.29 is 29.8 Å². The monoisotopic (exact) mass is 257 g/mol. The van der Waals surface area contributed by atoms with Crippen LogP contribution in [0, 0.1) is 0 Å². The highest BCUT2D eigenvalue weighted by Crippen LogP contribution is 2.31. The van der Waals surface area contributed by atoms with Crippen LogP contribution in [0.1, 0.15) is 24.7 Å². The summed E-state index contributed by atoms with van der Waals surface area (Å²) in [6.07, 6.45) is 1.10. The van der Waals surface area contributed by atoms with E-state index in [0.29, 0.717) is 5.82 Å². The maximum absolute atomic E-state index is 10.8. The topological polar surface area (TPSA) is 107 Å². The van der Waals surface area contributed by atoms with Crippen LogP contribution < -0.4 is 4.57 Å². The summed E-state index contributed by atoms with van der Waals surface area (Å²) in [4.78, 5) is 10.8. The number of aliphatic hydroxyl groups excluding tert-OH is 3. The third kappa shape index (κ3) is 1.90. The number of aliphatic hydroxyl groups is 3. The average molecular weight is 257 g/mol. The molecular weight excluding hydrogens is 240 g/mol. The van der Waals surface area contributed by atoms with Crippen LogP contribution in [0.4, 0.5) is 0 Å². The SMILES string of the molecule is CC1c2n(cc[n+]2CC(=O)O)C(CO)C(O)C1O. The van der Waals surface area contributed by atoms with Gasteiger partial charge in [0.15, 0.2) is 12.6 Å². The lowest BCUT2D eigenvalue weighted by Crippen LogP contribution is -2.51. The molecule has 1 aromatic rings. The molecule has 0 amide bonds. The van der Waals surface area contributed by atoms with Crippen molar-refractivity contribution in [2.75, 3.05) is 6.61 Å². The van der Waals surface area contributed by atoms with Crippen LogP contribution in [0.2, 0.25) is 0 Å². The second-order valence-electron chi connectivity index (χ2n) is 4.61. The van der Waals surface area contributed by atoms with E-state index >= 15 is 0 Å². The van der Waals surface area contributed by atoms with E-state index in [2.05, 4.69) is 0 Å². The van der Waals surface area contributed by atoms with Crippen LogP contribution in [0.15, 0.2) is 12.4 Å². The largest absolute Gasteiger partial charge is 0.478 e. The lowest BCUT2D eigenvalue weighted by molar-refractivity contribution is -0.695. The summed E-state index contributed by atoms with van der Waals surface area (Å²) in [5.41, 5.74) is 0. The van der Waals surface area contributed by atoms with E-state index in [1.165, 1.54) is 4.57 Å². The minimum absolute atomic E-state index is 0.215. The number of rotatable bonds is 3. The lowest BCUT2D eigenvalue weighted by atomic mass is 9.90. The molecule has 4 N–H and O–H groups in total. The first-order valence-electron chi connectivity index (χ1n) is 5.76. The van der Waals surface area contributed by atoms with Crippen molar-refractivity contribution in [3.63, 3.8) is 0 Å². The van der Waals surface area contributed by atoms with Gasteiger partial charge in [0.2, 0.25) is 0 Å². The number of imidazole rings is 1. The van der Waals surface area contributed by atoms with Crippen molar-refractivity contribution in [3.8, 4) is 0 Å². The van der Waals surface area contributed by atoms with Gasteiger partial charge in [0.05, 0.1) is 18.6 Å². The first-order chi connectivity index (χ1) is 8.47. The number of carboxylic acid groups (broad SMARTS) is 1. The van der Waals surface area contributed by atoms with Crippen LogP contribution >= 0.6 is 0 Å². The highest BCUT2D eigenvalue weighted by molar-refractivity contribution is 5.64. The van der Waals surface area contributed by atoms with E-state index in [1.807, 2.05) is 0 Å². The van der Waals surface area contributed by atoms with Crippen molar-refractivity contribution in [2.24, 2.45) is 0 Å². The molecule has 7 nitrogen and oxygen atoms in total. The summed E-state index contributed by atoms with van der Waals surface area (Å²) in [6.45, 7) is 1.18. The van der Waals surface area contributed by atoms with Crippen LogP contribution in [0.25, 0.3) is 0 Å². The normalized spacial score (nSPS) is 31.1. The molecule has 2 heterocycles. The van der Waals surface area contributed by atoms with Gasteiger partial charge in [-0.3, -0.25) is 0 Å². The van der Waals surface area contributed by atoms with Crippen molar-refractivity contribution in [1.82, 2.24) is 4.57 Å². The standard InChI is InChI=1S/C11H16N2O5/c1-6-9(17)10(18)7(5-14)13-3-2-12(11(6)13)4-8(15)16/h2-3,6-7,9-10,14,17-18H,4-5H2,1H3/p+1. The minimum atomic E-state index is -1.07. The number of hydrogen-bond acceptors (Lipinski definition) is 4. The van der Waals surface area contributed by atoms with Crippen LogP contribution in [0.5, 0.6) is 0 Å². The Bertz CT molecular complexity index is 458. The van der Waals surface area contributed by atoms with Gasteiger partial charge in [0, 0.05) is 0 Å². The molecule has 100 valence electrons. The molecule has 0 bridgehead atoms. The zero-order chi connectivity index (χ0) is 13.4. The molecule has 18 heavy (non-hydrogen) atoms. The predicted octanol–water partition coefficient (Wildman–Crippen LogP) is -1.77. The number of carboxylic acids is 1. The molecule has 4 unspecified atom stereocenters. The molecule has 1 aliphatic heterocycles. The van der Waals surface area contributed by atoms with Gasteiger partial charge in [-0.05, 0) is 6.92 Å². The first-order valence-corrected chi connectivity index (χ1v) is 5.76. The average Bonchev–Trinajstić information content (AvgIpc) is 2.70. The Morgan fingerprint density at radius 2 is 2.11 bits per heavy atom. The van der Waals surface area contributed by atoms with Crippen molar-refractivity contribution in [1.29, 1.82) is 0 Å².